The molecule has 1 fully saturated rings. The Morgan fingerprint density at radius 2 is 2.32 bits per heavy atom. The summed E-state index contributed by atoms with van der Waals surface area (Å²) in [6.07, 6.45) is 3.19. The highest BCUT2D eigenvalue weighted by molar-refractivity contribution is 7.99. The summed E-state index contributed by atoms with van der Waals surface area (Å²) < 4.78 is 13.7. The van der Waals surface area contributed by atoms with Crippen molar-refractivity contribution < 1.29 is 9.31 Å². The Labute approximate surface area is 115 Å². The average Bonchev–Trinajstić information content (AvgIpc) is 2.79. The number of hydrogen-bond acceptors (Lipinski definition) is 4. The Balaban J connectivity index is 1.98. The van der Waals surface area contributed by atoms with Gasteiger partial charge in [0.2, 0.25) is 0 Å². The molecule has 0 amide bonds. The SMILES string of the molecule is CCSC1CCC(Nc2ccc([N+](=O)[O-])cc2F)C1. The van der Waals surface area contributed by atoms with Crippen molar-refractivity contribution in [3.8, 4) is 0 Å². The van der Waals surface area contributed by atoms with Crippen molar-refractivity contribution in [3.63, 3.8) is 0 Å². The molecule has 6 heteroatoms. The summed E-state index contributed by atoms with van der Waals surface area (Å²) >= 11 is 1.94. The second-order valence-electron chi connectivity index (χ2n) is 4.65. The third kappa shape index (κ3) is 3.59. The normalized spacial score (nSPS) is 22.4. The van der Waals surface area contributed by atoms with E-state index in [0.717, 1.165) is 31.1 Å². The molecule has 1 saturated carbocycles. The summed E-state index contributed by atoms with van der Waals surface area (Å²) in [7, 11) is 0. The van der Waals surface area contributed by atoms with Crippen molar-refractivity contribution in [2.45, 2.75) is 37.5 Å². The zero-order valence-electron chi connectivity index (χ0n) is 10.8. The maximum Gasteiger partial charge on any atom is 0.272 e. The average molecular weight is 284 g/mol. The summed E-state index contributed by atoms with van der Waals surface area (Å²) in [5, 5.41) is 14.3. The smallest absolute Gasteiger partial charge is 0.272 e. The predicted octanol–water partition coefficient (Wildman–Crippen LogP) is 3.82. The first-order chi connectivity index (χ1) is 9.10. The molecule has 1 aromatic rings. The molecule has 1 N–H and O–H groups in total. The van der Waals surface area contributed by atoms with Crippen molar-refractivity contribution in [1.82, 2.24) is 0 Å². The van der Waals surface area contributed by atoms with Crippen LogP contribution in [0.4, 0.5) is 15.8 Å². The molecule has 0 radical (unpaired) electrons. The van der Waals surface area contributed by atoms with E-state index >= 15 is 0 Å². The quantitative estimate of drug-likeness (QED) is 0.659. The van der Waals surface area contributed by atoms with E-state index in [1.54, 1.807) is 0 Å². The van der Waals surface area contributed by atoms with Gasteiger partial charge in [0.05, 0.1) is 16.7 Å². The molecule has 19 heavy (non-hydrogen) atoms. The molecule has 2 atom stereocenters. The highest BCUT2D eigenvalue weighted by Gasteiger charge is 2.25. The van der Waals surface area contributed by atoms with Gasteiger partial charge in [-0.05, 0) is 31.1 Å². The van der Waals surface area contributed by atoms with Crippen LogP contribution in [-0.4, -0.2) is 22.0 Å². The predicted molar refractivity (Wildman–Crippen MR) is 76.2 cm³/mol. The lowest BCUT2D eigenvalue weighted by Crippen LogP contribution is -2.17. The molecular formula is C13H17FN2O2S. The molecular weight excluding hydrogens is 267 g/mol. The van der Waals surface area contributed by atoms with E-state index in [4.69, 9.17) is 0 Å². The molecule has 1 aliphatic carbocycles. The van der Waals surface area contributed by atoms with E-state index < -0.39 is 10.7 Å². The van der Waals surface area contributed by atoms with Crippen LogP contribution in [0.5, 0.6) is 0 Å². The van der Waals surface area contributed by atoms with Crippen molar-refractivity contribution in [2.24, 2.45) is 0 Å². The highest BCUT2D eigenvalue weighted by atomic mass is 32.2. The second kappa shape index (κ2) is 6.23. The maximum absolute atomic E-state index is 13.7. The first-order valence-electron chi connectivity index (χ1n) is 6.42. The van der Waals surface area contributed by atoms with Crippen molar-refractivity contribution in [1.29, 1.82) is 0 Å². The summed E-state index contributed by atoms with van der Waals surface area (Å²) in [5.41, 5.74) is 0.145. The lowest BCUT2D eigenvalue weighted by molar-refractivity contribution is -0.385. The standard InChI is InChI=1S/C13H17FN2O2S/c1-2-19-11-5-3-9(7-11)15-13-6-4-10(16(17)18)8-12(13)14/h4,6,8-9,11,15H,2-3,5,7H2,1H3. The number of nitrogens with zero attached hydrogens (tertiary/aromatic N) is 1. The van der Waals surface area contributed by atoms with E-state index in [1.165, 1.54) is 12.1 Å². The third-order valence-corrected chi connectivity index (χ3v) is 4.54. The Morgan fingerprint density at radius 3 is 2.95 bits per heavy atom. The minimum absolute atomic E-state index is 0.214. The molecule has 0 bridgehead atoms. The van der Waals surface area contributed by atoms with Gasteiger partial charge in [-0.15, -0.1) is 0 Å². The van der Waals surface area contributed by atoms with Gasteiger partial charge in [0, 0.05) is 17.4 Å². The van der Waals surface area contributed by atoms with E-state index in [-0.39, 0.29) is 11.7 Å². The van der Waals surface area contributed by atoms with Gasteiger partial charge in [-0.1, -0.05) is 6.92 Å². The second-order valence-corrected chi connectivity index (χ2v) is 6.23. The number of rotatable bonds is 5. The largest absolute Gasteiger partial charge is 0.380 e. The summed E-state index contributed by atoms with van der Waals surface area (Å²) in [4.78, 5) is 9.95. The number of nitro groups is 1. The number of hydrogen-bond donors (Lipinski definition) is 1. The number of nitrogens with one attached hydrogen (secondary N) is 1. The summed E-state index contributed by atoms with van der Waals surface area (Å²) in [6.45, 7) is 2.14. The molecule has 1 aromatic carbocycles. The van der Waals surface area contributed by atoms with Crippen LogP contribution in [0.25, 0.3) is 0 Å². The molecule has 0 aliphatic heterocycles. The molecule has 1 aliphatic rings. The van der Waals surface area contributed by atoms with Crippen LogP contribution in [0.3, 0.4) is 0 Å². The molecule has 0 aromatic heterocycles. The van der Waals surface area contributed by atoms with Gasteiger partial charge in [0.15, 0.2) is 5.82 Å². The Bertz CT molecular complexity index is 470. The zero-order chi connectivity index (χ0) is 13.8. The van der Waals surface area contributed by atoms with Crippen LogP contribution >= 0.6 is 11.8 Å². The highest BCUT2D eigenvalue weighted by Crippen LogP contribution is 2.32. The van der Waals surface area contributed by atoms with Gasteiger partial charge in [-0.2, -0.15) is 11.8 Å². The van der Waals surface area contributed by atoms with E-state index in [9.17, 15) is 14.5 Å². The van der Waals surface area contributed by atoms with Gasteiger partial charge < -0.3 is 5.32 Å². The molecule has 0 spiro atoms. The first kappa shape index (κ1) is 14.1. The van der Waals surface area contributed by atoms with Gasteiger partial charge in [0.1, 0.15) is 0 Å². The van der Waals surface area contributed by atoms with Crippen molar-refractivity contribution in [3.05, 3.63) is 34.1 Å². The number of non-ortho nitro benzene ring substituents is 1. The topological polar surface area (TPSA) is 55.2 Å². The van der Waals surface area contributed by atoms with Crippen LogP contribution in [-0.2, 0) is 0 Å². The maximum atomic E-state index is 13.7. The lowest BCUT2D eigenvalue weighted by Gasteiger charge is -2.15. The molecule has 0 heterocycles. The number of anilines is 1. The molecule has 0 saturated heterocycles. The van der Waals surface area contributed by atoms with Crippen LogP contribution in [0, 0.1) is 15.9 Å². The molecule has 2 rings (SSSR count). The van der Waals surface area contributed by atoms with Crippen molar-refractivity contribution >= 4 is 23.1 Å². The minimum Gasteiger partial charge on any atom is -0.380 e. The summed E-state index contributed by atoms with van der Waals surface area (Å²) in [6, 6.07) is 4.02. The fraction of sp³-hybridized carbons (Fsp3) is 0.538. The molecule has 4 nitrogen and oxygen atoms in total. The number of halogens is 1. The Kier molecular flexibility index (Phi) is 4.63. The van der Waals surface area contributed by atoms with Crippen LogP contribution in [0.2, 0.25) is 0 Å². The fourth-order valence-electron chi connectivity index (χ4n) is 2.41. The number of nitro benzene ring substituents is 1. The Morgan fingerprint density at radius 1 is 1.53 bits per heavy atom. The van der Waals surface area contributed by atoms with Gasteiger partial charge >= 0.3 is 0 Å². The minimum atomic E-state index is -0.587. The van der Waals surface area contributed by atoms with Crippen LogP contribution in [0.1, 0.15) is 26.2 Å². The van der Waals surface area contributed by atoms with Crippen LogP contribution in [0.15, 0.2) is 18.2 Å². The zero-order valence-corrected chi connectivity index (χ0v) is 11.6. The van der Waals surface area contributed by atoms with Gasteiger partial charge in [-0.3, -0.25) is 10.1 Å². The molecule has 104 valence electrons. The van der Waals surface area contributed by atoms with Gasteiger partial charge in [-0.25, -0.2) is 4.39 Å². The Hall–Kier alpha value is -1.30. The monoisotopic (exact) mass is 284 g/mol. The summed E-state index contributed by atoms with van der Waals surface area (Å²) in [5.74, 6) is 0.546. The van der Waals surface area contributed by atoms with E-state index in [1.807, 2.05) is 11.8 Å². The fourth-order valence-corrected chi connectivity index (χ4v) is 3.56. The molecule has 2 unspecified atom stereocenters. The third-order valence-electron chi connectivity index (χ3n) is 3.31. The van der Waals surface area contributed by atoms with Crippen molar-refractivity contribution in [2.75, 3.05) is 11.1 Å². The first-order valence-corrected chi connectivity index (χ1v) is 7.47. The van der Waals surface area contributed by atoms with Crippen LogP contribution < -0.4 is 5.32 Å². The van der Waals surface area contributed by atoms with E-state index in [2.05, 4.69) is 12.2 Å². The number of benzene rings is 1. The lowest BCUT2D eigenvalue weighted by atomic mass is 10.2. The van der Waals surface area contributed by atoms with E-state index in [0.29, 0.717) is 10.9 Å². The van der Waals surface area contributed by atoms with Gasteiger partial charge in [0.25, 0.3) is 5.69 Å². The number of thioether (sulfide) groups is 1.